The van der Waals surface area contributed by atoms with Gasteiger partial charge in [-0.25, -0.2) is 14.8 Å². The predicted octanol–water partition coefficient (Wildman–Crippen LogP) is 2.80. The lowest BCUT2D eigenvalue weighted by Crippen LogP contribution is -2.54. The number of anilines is 1. The van der Waals surface area contributed by atoms with Crippen molar-refractivity contribution in [3.05, 3.63) is 95.6 Å². The van der Waals surface area contributed by atoms with Crippen LogP contribution in [0.2, 0.25) is 0 Å². The number of methoxy groups -OCH3 is 1. The summed E-state index contributed by atoms with van der Waals surface area (Å²) in [6, 6.07) is 19.1. The molecule has 0 saturated carbocycles. The smallest absolute Gasteiger partial charge is 0.337 e. The van der Waals surface area contributed by atoms with E-state index in [4.69, 9.17) is 18.9 Å². The summed E-state index contributed by atoms with van der Waals surface area (Å²) >= 11 is 0. The first-order valence-corrected chi connectivity index (χ1v) is 12.0. The molecule has 1 amide bonds. The van der Waals surface area contributed by atoms with Crippen LogP contribution in [0.25, 0.3) is 0 Å². The SMILES string of the molecule is COC(=O)C1=C(C(=O)Nc2cnc(C)nc2)C2OC1(C(Cc1ccccc1)Oc1ccccc1)C1OC21. The molecule has 0 radical (unpaired) electrons. The van der Waals surface area contributed by atoms with Crippen molar-refractivity contribution in [3.8, 4) is 5.75 Å². The van der Waals surface area contributed by atoms with E-state index < -0.39 is 35.8 Å². The number of nitrogens with zero attached hydrogens (tertiary/aromatic N) is 2. The zero-order valence-corrected chi connectivity index (χ0v) is 20.3. The normalized spacial score (nSPS) is 25.8. The molecule has 0 spiro atoms. The standard InChI is InChI=1S/C28H25N3O6/c1-16-29-14-18(15-30-16)31-26(32)21-22(27(33)34-2)28(25-24(36-25)23(21)37-28)20(13-17-9-5-3-6-10-17)35-19-11-7-4-8-12-19/h3-12,14-15,20,23-25H,13H2,1-2H3,(H,31,32). The first-order chi connectivity index (χ1) is 18.0. The topological polar surface area (TPSA) is 112 Å². The lowest BCUT2D eigenvalue weighted by atomic mass is 9.76. The minimum Gasteiger partial charge on any atom is -0.487 e. The van der Waals surface area contributed by atoms with Gasteiger partial charge in [0.05, 0.1) is 36.3 Å². The van der Waals surface area contributed by atoms with Crippen LogP contribution in [0, 0.1) is 6.92 Å². The predicted molar refractivity (Wildman–Crippen MR) is 132 cm³/mol. The van der Waals surface area contributed by atoms with Gasteiger partial charge in [0.2, 0.25) is 0 Å². The summed E-state index contributed by atoms with van der Waals surface area (Å²) in [6.07, 6.45) is 1.22. The third kappa shape index (κ3) is 3.96. The van der Waals surface area contributed by atoms with Crippen LogP contribution in [-0.4, -0.2) is 59.0 Å². The fourth-order valence-corrected chi connectivity index (χ4v) is 5.28. The number of hydrogen-bond donors (Lipinski definition) is 1. The van der Waals surface area contributed by atoms with Gasteiger partial charge in [0.15, 0.2) is 5.60 Å². The van der Waals surface area contributed by atoms with Crippen LogP contribution in [0.3, 0.4) is 0 Å². The van der Waals surface area contributed by atoms with E-state index in [0.717, 1.165) is 5.56 Å². The highest BCUT2D eigenvalue weighted by Gasteiger charge is 2.78. The van der Waals surface area contributed by atoms with Crippen molar-refractivity contribution in [2.24, 2.45) is 0 Å². The Hall–Kier alpha value is -4.08. The van der Waals surface area contributed by atoms with Gasteiger partial charge >= 0.3 is 5.97 Å². The average molecular weight is 500 g/mol. The number of carbonyl (C=O) groups excluding carboxylic acids is 2. The molecular weight excluding hydrogens is 474 g/mol. The van der Waals surface area contributed by atoms with Crippen molar-refractivity contribution < 1.29 is 28.5 Å². The van der Waals surface area contributed by atoms with Gasteiger partial charge in [-0.15, -0.1) is 0 Å². The van der Waals surface area contributed by atoms with E-state index in [9.17, 15) is 9.59 Å². The van der Waals surface area contributed by atoms with E-state index in [-0.39, 0.29) is 17.3 Å². The minimum atomic E-state index is -1.33. The third-order valence-electron chi connectivity index (χ3n) is 6.95. The molecule has 37 heavy (non-hydrogen) atoms. The molecule has 1 aromatic heterocycles. The van der Waals surface area contributed by atoms with Gasteiger partial charge in [-0.05, 0) is 24.6 Å². The van der Waals surface area contributed by atoms with Crippen molar-refractivity contribution in [2.75, 3.05) is 12.4 Å². The summed E-state index contributed by atoms with van der Waals surface area (Å²) < 4.78 is 24.2. The first kappa shape index (κ1) is 23.3. The summed E-state index contributed by atoms with van der Waals surface area (Å²) in [4.78, 5) is 35.1. The number of hydrogen-bond acceptors (Lipinski definition) is 8. The van der Waals surface area contributed by atoms with Crippen molar-refractivity contribution in [2.45, 2.75) is 43.4 Å². The fourth-order valence-electron chi connectivity index (χ4n) is 5.28. The van der Waals surface area contributed by atoms with Gasteiger partial charge < -0.3 is 24.3 Å². The molecule has 3 aromatic rings. The zero-order valence-electron chi connectivity index (χ0n) is 20.3. The van der Waals surface area contributed by atoms with Crippen molar-refractivity contribution in [1.82, 2.24) is 9.97 Å². The van der Waals surface area contributed by atoms with Gasteiger partial charge in [-0.2, -0.15) is 0 Å². The van der Waals surface area contributed by atoms with Gasteiger partial charge in [0, 0.05) is 6.42 Å². The van der Waals surface area contributed by atoms with Crippen LogP contribution in [0.4, 0.5) is 5.69 Å². The molecular formula is C28H25N3O6. The van der Waals surface area contributed by atoms with Crippen LogP contribution < -0.4 is 10.1 Å². The maximum atomic E-state index is 13.6. The number of epoxide rings is 1. The number of fused-ring (bicyclic) bond motifs is 5. The van der Waals surface area contributed by atoms with Gasteiger partial charge in [-0.1, -0.05) is 48.5 Å². The van der Waals surface area contributed by atoms with Crippen LogP contribution >= 0.6 is 0 Å². The molecule has 5 atom stereocenters. The summed E-state index contributed by atoms with van der Waals surface area (Å²) in [7, 11) is 1.29. The lowest BCUT2D eigenvalue weighted by molar-refractivity contribution is -0.144. The van der Waals surface area contributed by atoms with E-state index in [1.807, 2.05) is 60.7 Å². The maximum Gasteiger partial charge on any atom is 0.337 e. The average Bonchev–Trinajstić information content (AvgIpc) is 3.58. The molecule has 188 valence electrons. The molecule has 9 nitrogen and oxygen atoms in total. The van der Waals surface area contributed by atoms with Crippen molar-refractivity contribution in [3.63, 3.8) is 0 Å². The van der Waals surface area contributed by atoms with Crippen LogP contribution in [0.5, 0.6) is 5.75 Å². The number of rotatable bonds is 8. The highest BCUT2D eigenvalue weighted by molar-refractivity contribution is 6.12. The molecule has 2 saturated heterocycles. The Kier molecular flexibility index (Phi) is 5.73. The number of aromatic nitrogens is 2. The fraction of sp³-hybridized carbons (Fsp3) is 0.286. The Morgan fingerprint density at radius 2 is 1.73 bits per heavy atom. The highest BCUT2D eigenvalue weighted by Crippen LogP contribution is 2.60. The van der Waals surface area contributed by atoms with E-state index in [0.29, 0.717) is 23.7 Å². The van der Waals surface area contributed by atoms with Crippen LogP contribution in [0.15, 0.2) is 84.2 Å². The summed E-state index contributed by atoms with van der Waals surface area (Å²) in [5.74, 6) is 0.0371. The second kappa shape index (κ2) is 9.10. The Morgan fingerprint density at radius 3 is 2.41 bits per heavy atom. The molecule has 4 heterocycles. The Morgan fingerprint density at radius 1 is 1.05 bits per heavy atom. The first-order valence-electron chi connectivity index (χ1n) is 12.0. The molecule has 5 unspecified atom stereocenters. The molecule has 2 fully saturated rings. The van der Waals surface area contributed by atoms with Crippen LogP contribution in [-0.2, 0) is 30.2 Å². The molecule has 2 bridgehead atoms. The summed E-state index contributed by atoms with van der Waals surface area (Å²) in [5, 5.41) is 2.79. The lowest BCUT2D eigenvalue weighted by Gasteiger charge is -2.36. The van der Waals surface area contributed by atoms with E-state index in [2.05, 4.69) is 15.3 Å². The molecule has 2 aromatic carbocycles. The number of para-hydroxylation sites is 1. The number of aryl methyl sites for hydroxylation is 1. The quantitative estimate of drug-likeness (QED) is 0.372. The molecule has 3 aliphatic heterocycles. The molecule has 1 N–H and O–H groups in total. The third-order valence-corrected chi connectivity index (χ3v) is 6.95. The Labute approximate surface area is 213 Å². The van der Waals surface area contributed by atoms with Crippen LogP contribution in [0.1, 0.15) is 11.4 Å². The number of benzene rings is 2. The van der Waals surface area contributed by atoms with Gasteiger partial charge in [0.1, 0.15) is 36.0 Å². The number of nitrogens with one attached hydrogen (secondary N) is 1. The maximum absolute atomic E-state index is 13.6. The largest absolute Gasteiger partial charge is 0.487 e. The monoisotopic (exact) mass is 499 g/mol. The summed E-state index contributed by atoms with van der Waals surface area (Å²) in [6.45, 7) is 1.75. The van der Waals surface area contributed by atoms with E-state index >= 15 is 0 Å². The van der Waals surface area contributed by atoms with Gasteiger partial charge in [-0.3, -0.25) is 4.79 Å². The molecule has 9 heteroatoms. The summed E-state index contributed by atoms with van der Waals surface area (Å²) in [5.41, 5.74) is 0.367. The molecule has 0 aliphatic carbocycles. The number of esters is 1. The van der Waals surface area contributed by atoms with Crippen molar-refractivity contribution >= 4 is 17.6 Å². The van der Waals surface area contributed by atoms with E-state index in [1.54, 1.807) is 6.92 Å². The second-order valence-corrected chi connectivity index (χ2v) is 9.22. The Bertz CT molecular complexity index is 1320. The zero-order chi connectivity index (χ0) is 25.6. The number of amides is 1. The molecule has 6 rings (SSSR count). The number of carbonyl (C=O) groups is 2. The van der Waals surface area contributed by atoms with E-state index in [1.165, 1.54) is 19.5 Å². The van der Waals surface area contributed by atoms with Gasteiger partial charge in [0.25, 0.3) is 5.91 Å². The number of ether oxygens (including phenoxy) is 4. The second-order valence-electron chi connectivity index (χ2n) is 9.22. The van der Waals surface area contributed by atoms with Crippen molar-refractivity contribution in [1.29, 1.82) is 0 Å². The highest BCUT2D eigenvalue weighted by atomic mass is 16.7. The Balaban J connectivity index is 1.44. The minimum absolute atomic E-state index is 0.126. The molecule has 3 aliphatic rings.